The minimum Gasteiger partial charge on any atom is -0.444 e. The van der Waals surface area contributed by atoms with E-state index >= 15 is 0 Å². The van der Waals surface area contributed by atoms with E-state index in [1.165, 1.54) is 0 Å². The van der Waals surface area contributed by atoms with Crippen molar-refractivity contribution in [1.29, 1.82) is 0 Å². The fourth-order valence-electron chi connectivity index (χ4n) is 3.08. The Morgan fingerprint density at radius 1 is 1.22 bits per heavy atom. The van der Waals surface area contributed by atoms with Gasteiger partial charge in [0.2, 0.25) is 0 Å². The van der Waals surface area contributed by atoms with Gasteiger partial charge in [-0.15, -0.1) is 0 Å². The second kappa shape index (κ2) is 4.74. The molecule has 2 bridgehead atoms. The molecule has 2 N–H and O–H groups in total. The van der Waals surface area contributed by atoms with Gasteiger partial charge in [0.25, 0.3) is 0 Å². The van der Waals surface area contributed by atoms with Crippen LogP contribution in [0.3, 0.4) is 0 Å². The molecule has 0 saturated carbocycles. The fraction of sp³-hybridized carbons (Fsp3) is 0.917. The molecule has 2 aliphatic rings. The predicted octanol–water partition coefficient (Wildman–Crippen LogP) is 1.39. The van der Waals surface area contributed by atoms with Gasteiger partial charge in [0.1, 0.15) is 5.60 Å². The van der Waals surface area contributed by atoms with Crippen molar-refractivity contribution in [2.45, 2.75) is 70.0 Å². The van der Waals surface area contributed by atoms with Crippen LogP contribution in [-0.4, -0.2) is 45.8 Å². The van der Waals surface area contributed by atoms with Crippen molar-refractivity contribution in [3.05, 3.63) is 0 Å². The Bertz CT molecular complexity index is 315. The number of hydrogen-bond acceptors (Lipinski definition) is 4. The van der Waals surface area contributed by atoms with Crippen LogP contribution in [0, 0.1) is 0 Å². The second-order valence-corrected chi connectivity index (χ2v) is 6.42. The lowest BCUT2D eigenvalue weighted by molar-refractivity contribution is 0.00692. The summed E-state index contributed by atoms with van der Waals surface area (Å²) >= 11 is 0. The maximum atomic E-state index is 12.1. The predicted molar refractivity (Wildman–Crippen MR) is 68.1 cm³/mol. The van der Waals surface area contributed by atoms with E-state index in [1.54, 1.807) is 0 Å². The number of fused-ring (bicyclic) bond motifs is 2. The van der Waals surface area contributed by atoms with Crippen LogP contribution in [0.2, 0.25) is 5.82 Å². The number of piperidine rings is 1. The van der Waals surface area contributed by atoms with Gasteiger partial charge in [-0.3, -0.25) is 0 Å². The molecule has 0 aromatic rings. The smallest absolute Gasteiger partial charge is 0.444 e. The van der Waals surface area contributed by atoms with Gasteiger partial charge in [-0.2, -0.15) is 0 Å². The molecule has 102 valence electrons. The highest BCUT2D eigenvalue weighted by molar-refractivity contribution is 6.43. The Labute approximate surface area is 108 Å². The highest BCUT2D eigenvalue weighted by Gasteiger charge is 2.47. The Kier molecular flexibility index (Phi) is 3.60. The molecule has 1 amide bonds. The molecule has 2 heterocycles. The summed E-state index contributed by atoms with van der Waals surface area (Å²) in [6.45, 7) is 5.57. The Morgan fingerprint density at radius 2 is 1.72 bits per heavy atom. The molecule has 2 saturated heterocycles. The number of carbonyl (C=O) groups excluding carboxylic acids is 1. The summed E-state index contributed by atoms with van der Waals surface area (Å²) in [6, 6.07) is 0.204. The monoisotopic (exact) mass is 255 g/mol. The molecule has 5 nitrogen and oxygen atoms in total. The first kappa shape index (κ1) is 13.7. The van der Waals surface area contributed by atoms with Gasteiger partial charge in [-0.25, -0.2) is 4.79 Å². The third-order valence-corrected chi connectivity index (χ3v) is 3.80. The third kappa shape index (κ3) is 2.80. The van der Waals surface area contributed by atoms with Crippen molar-refractivity contribution in [3.63, 3.8) is 0 Å². The lowest BCUT2D eigenvalue weighted by Gasteiger charge is -2.39. The summed E-state index contributed by atoms with van der Waals surface area (Å²) in [7, 11) is -1.27. The van der Waals surface area contributed by atoms with Gasteiger partial charge in [-0.1, -0.05) is 0 Å². The summed E-state index contributed by atoms with van der Waals surface area (Å²) in [6.07, 6.45) is 2.93. The largest absolute Gasteiger partial charge is 0.454 e. The number of amides is 1. The van der Waals surface area contributed by atoms with Crippen LogP contribution in [0.15, 0.2) is 0 Å². The molecule has 0 radical (unpaired) electrons. The summed E-state index contributed by atoms with van der Waals surface area (Å²) in [4.78, 5) is 13.9. The molecule has 1 unspecified atom stereocenters. The van der Waals surface area contributed by atoms with Crippen LogP contribution in [-0.2, 0) is 4.74 Å². The average molecular weight is 255 g/mol. The highest BCUT2D eigenvalue weighted by atomic mass is 16.6. The average Bonchev–Trinajstić information content (AvgIpc) is 2.47. The molecular formula is C12H22BNO4. The molecule has 0 aliphatic carbocycles. The topological polar surface area (TPSA) is 70.0 Å². The molecular weight excluding hydrogens is 233 g/mol. The highest BCUT2D eigenvalue weighted by Crippen LogP contribution is 2.42. The first-order chi connectivity index (χ1) is 8.28. The summed E-state index contributed by atoms with van der Waals surface area (Å²) < 4.78 is 5.42. The van der Waals surface area contributed by atoms with Gasteiger partial charge in [-0.05, 0) is 52.3 Å². The van der Waals surface area contributed by atoms with E-state index < -0.39 is 12.7 Å². The van der Waals surface area contributed by atoms with E-state index in [9.17, 15) is 14.8 Å². The lowest BCUT2D eigenvalue weighted by atomic mass is 9.66. The molecule has 0 aromatic carbocycles. The van der Waals surface area contributed by atoms with Crippen molar-refractivity contribution in [2.24, 2.45) is 0 Å². The number of rotatable bonds is 1. The van der Waals surface area contributed by atoms with E-state index in [-0.39, 0.29) is 24.0 Å². The number of ether oxygens (including phenoxy) is 1. The fourth-order valence-corrected chi connectivity index (χ4v) is 3.08. The lowest BCUT2D eigenvalue weighted by Crippen LogP contribution is -2.49. The molecule has 2 fully saturated rings. The normalized spacial score (nSPS) is 31.4. The van der Waals surface area contributed by atoms with E-state index in [0.29, 0.717) is 12.8 Å². The maximum Gasteiger partial charge on any atom is 0.454 e. The molecule has 0 spiro atoms. The zero-order valence-electron chi connectivity index (χ0n) is 11.3. The first-order valence-corrected chi connectivity index (χ1v) is 6.65. The second-order valence-electron chi connectivity index (χ2n) is 6.42. The summed E-state index contributed by atoms with van der Waals surface area (Å²) in [5.74, 6) is -0.110. The van der Waals surface area contributed by atoms with Crippen LogP contribution in [0.1, 0.15) is 46.5 Å². The number of hydrogen-bond donors (Lipinski definition) is 2. The minimum absolute atomic E-state index is 0.102. The summed E-state index contributed by atoms with van der Waals surface area (Å²) in [5, 5.41) is 18.5. The number of nitrogens with zero attached hydrogens (tertiary/aromatic N) is 1. The Balaban J connectivity index is 2.02. The van der Waals surface area contributed by atoms with Crippen LogP contribution in [0.25, 0.3) is 0 Å². The number of carbonyl (C=O) groups is 1. The van der Waals surface area contributed by atoms with Gasteiger partial charge in [0, 0.05) is 12.1 Å². The van der Waals surface area contributed by atoms with Crippen molar-refractivity contribution in [2.75, 3.05) is 0 Å². The zero-order valence-corrected chi connectivity index (χ0v) is 11.3. The maximum absolute atomic E-state index is 12.1. The summed E-state index contributed by atoms with van der Waals surface area (Å²) in [5.41, 5.74) is -0.482. The van der Waals surface area contributed by atoms with Crippen molar-refractivity contribution in [1.82, 2.24) is 4.90 Å². The van der Waals surface area contributed by atoms with Gasteiger partial charge in [0.05, 0.1) is 0 Å². The molecule has 2 rings (SSSR count). The Hall–Kier alpha value is -0.745. The van der Waals surface area contributed by atoms with E-state index in [4.69, 9.17) is 4.74 Å². The van der Waals surface area contributed by atoms with Crippen molar-refractivity contribution >= 4 is 13.2 Å². The van der Waals surface area contributed by atoms with Crippen molar-refractivity contribution < 1.29 is 19.6 Å². The van der Waals surface area contributed by atoms with Crippen molar-refractivity contribution in [3.8, 4) is 0 Å². The van der Waals surface area contributed by atoms with E-state index in [2.05, 4.69) is 0 Å². The van der Waals surface area contributed by atoms with Crippen LogP contribution in [0.5, 0.6) is 0 Å². The molecule has 0 aromatic heterocycles. The van der Waals surface area contributed by atoms with Gasteiger partial charge >= 0.3 is 13.2 Å². The van der Waals surface area contributed by atoms with E-state index in [1.807, 2.05) is 25.7 Å². The molecule has 6 heteroatoms. The van der Waals surface area contributed by atoms with Crippen LogP contribution in [0.4, 0.5) is 4.79 Å². The third-order valence-electron chi connectivity index (χ3n) is 3.80. The first-order valence-electron chi connectivity index (χ1n) is 6.65. The van der Waals surface area contributed by atoms with E-state index in [0.717, 1.165) is 12.8 Å². The molecule has 18 heavy (non-hydrogen) atoms. The minimum atomic E-state index is -1.27. The quantitative estimate of drug-likeness (QED) is 0.694. The molecule has 3 atom stereocenters. The van der Waals surface area contributed by atoms with Crippen LogP contribution < -0.4 is 0 Å². The van der Waals surface area contributed by atoms with Gasteiger partial charge in [0.15, 0.2) is 0 Å². The SMILES string of the molecule is CC(C)(C)OC(=O)N1[C@@H]2CC[C@H]1CC(B(O)O)C2. The zero-order chi connectivity index (χ0) is 13.5. The van der Waals surface area contributed by atoms with Crippen LogP contribution >= 0.6 is 0 Å². The Morgan fingerprint density at radius 3 is 2.11 bits per heavy atom. The standard InChI is InChI=1S/C12H22BNO4/c1-12(2,3)18-11(15)14-9-4-5-10(14)7-8(6-9)13(16)17/h8-10,16-17H,4-7H2,1-3H3/t8?,9-,10+. The van der Waals surface area contributed by atoms with Gasteiger partial charge < -0.3 is 19.7 Å². The molecule has 2 aliphatic heterocycles.